The zero-order valence-electron chi connectivity index (χ0n) is 17.7. The molecule has 0 aliphatic carbocycles. The minimum atomic E-state index is -0.666. The number of carbonyl (C=O) groups excluding carboxylic acids is 1. The summed E-state index contributed by atoms with van der Waals surface area (Å²) in [6.45, 7) is 12.1. The van der Waals surface area contributed by atoms with Crippen molar-refractivity contribution in [2.45, 2.75) is 24.7 Å². The smallest absolute Gasteiger partial charge is 0.237 e. The van der Waals surface area contributed by atoms with Crippen LogP contribution in [0.3, 0.4) is 0 Å². The SMILES string of the molecule is C=CC[NH+](CC=C)CCC(C(=O)N1CCCC1)(c1ccccc1)c1ccccc1.[Cl-]. The molecule has 1 N–H and O–H groups in total. The highest BCUT2D eigenvalue weighted by Gasteiger charge is 2.45. The number of hydrogen-bond acceptors (Lipinski definition) is 1. The first-order valence-corrected chi connectivity index (χ1v) is 10.7. The molecule has 2 aromatic rings. The van der Waals surface area contributed by atoms with Crippen LogP contribution in [0.25, 0.3) is 0 Å². The number of amides is 1. The molecule has 1 heterocycles. The van der Waals surface area contributed by atoms with Gasteiger partial charge in [0.2, 0.25) is 5.91 Å². The van der Waals surface area contributed by atoms with Crippen molar-refractivity contribution in [1.82, 2.24) is 4.90 Å². The largest absolute Gasteiger partial charge is 1.00 e. The van der Waals surface area contributed by atoms with Crippen molar-refractivity contribution in [3.8, 4) is 0 Å². The normalized spacial score (nSPS) is 13.7. The summed E-state index contributed by atoms with van der Waals surface area (Å²) in [7, 11) is 0. The number of nitrogens with one attached hydrogen (secondary N) is 1. The van der Waals surface area contributed by atoms with Crippen LogP contribution in [-0.4, -0.2) is 43.5 Å². The fourth-order valence-electron chi connectivity index (χ4n) is 4.50. The molecule has 4 heteroatoms. The van der Waals surface area contributed by atoms with Crippen molar-refractivity contribution in [2.24, 2.45) is 0 Å². The van der Waals surface area contributed by atoms with E-state index < -0.39 is 5.41 Å². The van der Waals surface area contributed by atoms with E-state index in [1.54, 1.807) is 0 Å². The van der Waals surface area contributed by atoms with Crippen molar-refractivity contribution in [3.05, 3.63) is 97.1 Å². The van der Waals surface area contributed by atoms with E-state index in [2.05, 4.69) is 42.3 Å². The molecule has 1 aliphatic rings. The monoisotopic (exact) mass is 424 g/mol. The fraction of sp³-hybridized carbons (Fsp3) is 0.346. The number of quaternary nitrogens is 1. The Morgan fingerprint density at radius 2 is 1.37 bits per heavy atom. The van der Waals surface area contributed by atoms with E-state index in [9.17, 15) is 4.79 Å². The molecule has 0 radical (unpaired) electrons. The van der Waals surface area contributed by atoms with Gasteiger partial charge in [0.25, 0.3) is 0 Å². The summed E-state index contributed by atoms with van der Waals surface area (Å²) in [6.07, 6.45) is 6.85. The van der Waals surface area contributed by atoms with E-state index in [0.29, 0.717) is 0 Å². The standard InChI is InChI=1S/C26H32N2O.ClH/c1-3-18-27(19-4-2)22-17-26(23-13-7-5-8-14-23,24-15-9-6-10-16-24)25(29)28-20-11-12-21-28;/h3-10,13-16H,1-2,11-12,17-22H2;1H. The maximum Gasteiger partial charge on any atom is 0.237 e. The van der Waals surface area contributed by atoms with Crippen molar-refractivity contribution in [3.63, 3.8) is 0 Å². The number of nitrogens with zero attached hydrogens (tertiary/aromatic N) is 1. The first-order chi connectivity index (χ1) is 14.2. The first kappa shape index (κ1) is 23.9. The predicted molar refractivity (Wildman–Crippen MR) is 120 cm³/mol. The van der Waals surface area contributed by atoms with Gasteiger partial charge >= 0.3 is 0 Å². The van der Waals surface area contributed by atoms with Gasteiger partial charge in [0.05, 0.1) is 19.6 Å². The molecule has 0 spiro atoms. The van der Waals surface area contributed by atoms with Crippen LogP contribution in [0, 0.1) is 0 Å². The summed E-state index contributed by atoms with van der Waals surface area (Å²) >= 11 is 0. The predicted octanol–water partition coefficient (Wildman–Crippen LogP) is 0.246. The summed E-state index contributed by atoms with van der Waals surface area (Å²) < 4.78 is 0. The zero-order valence-corrected chi connectivity index (χ0v) is 18.5. The van der Waals surface area contributed by atoms with Crippen LogP contribution in [0.4, 0.5) is 0 Å². The molecule has 0 bridgehead atoms. The van der Waals surface area contributed by atoms with E-state index >= 15 is 0 Å². The molecular weight excluding hydrogens is 392 g/mol. The molecule has 0 saturated carbocycles. The highest BCUT2D eigenvalue weighted by Crippen LogP contribution is 2.38. The number of benzene rings is 2. The molecule has 1 amide bonds. The molecule has 30 heavy (non-hydrogen) atoms. The molecule has 1 aliphatic heterocycles. The van der Waals surface area contributed by atoms with Crippen molar-refractivity contribution in [2.75, 3.05) is 32.7 Å². The molecule has 1 fully saturated rings. The molecule has 3 nitrogen and oxygen atoms in total. The van der Waals surface area contributed by atoms with Crippen molar-refractivity contribution in [1.29, 1.82) is 0 Å². The summed E-state index contributed by atoms with van der Waals surface area (Å²) in [6, 6.07) is 20.7. The summed E-state index contributed by atoms with van der Waals surface area (Å²) in [5.74, 6) is 0.240. The Hall–Kier alpha value is -2.36. The maximum absolute atomic E-state index is 14.1. The van der Waals surface area contributed by atoms with E-state index in [-0.39, 0.29) is 18.3 Å². The Kier molecular flexibility index (Phi) is 9.35. The molecule has 0 aromatic heterocycles. The third kappa shape index (κ3) is 5.21. The maximum atomic E-state index is 14.1. The lowest BCUT2D eigenvalue weighted by atomic mass is 9.70. The molecule has 3 rings (SSSR count). The van der Waals surface area contributed by atoms with E-state index in [1.165, 1.54) is 4.90 Å². The van der Waals surface area contributed by atoms with Crippen LogP contribution in [0.2, 0.25) is 0 Å². The lowest BCUT2D eigenvalue weighted by Gasteiger charge is -2.37. The highest BCUT2D eigenvalue weighted by molar-refractivity contribution is 5.92. The van der Waals surface area contributed by atoms with Gasteiger partial charge in [0.15, 0.2) is 0 Å². The van der Waals surface area contributed by atoms with E-state index in [4.69, 9.17) is 0 Å². The average Bonchev–Trinajstić information content (AvgIpc) is 3.31. The topological polar surface area (TPSA) is 24.8 Å². The zero-order chi connectivity index (χ0) is 20.5. The number of hydrogen-bond donors (Lipinski definition) is 1. The molecule has 0 unspecified atom stereocenters. The van der Waals surface area contributed by atoms with Gasteiger partial charge in [-0.05, 0) is 36.1 Å². The second kappa shape index (κ2) is 11.7. The van der Waals surface area contributed by atoms with Gasteiger partial charge < -0.3 is 22.2 Å². The first-order valence-electron chi connectivity index (χ1n) is 10.7. The summed E-state index contributed by atoms with van der Waals surface area (Å²) in [5, 5.41) is 0. The third-order valence-electron chi connectivity index (χ3n) is 6.01. The van der Waals surface area contributed by atoms with Crippen LogP contribution in [0.15, 0.2) is 86.0 Å². The number of rotatable bonds is 10. The number of likely N-dealkylation sites (tertiary alicyclic amines) is 1. The lowest BCUT2D eigenvalue weighted by molar-refractivity contribution is -0.888. The van der Waals surface area contributed by atoms with Crippen molar-refractivity contribution < 1.29 is 22.1 Å². The van der Waals surface area contributed by atoms with Gasteiger partial charge in [-0.2, -0.15) is 0 Å². The Morgan fingerprint density at radius 1 is 0.900 bits per heavy atom. The van der Waals surface area contributed by atoms with Gasteiger partial charge in [0, 0.05) is 19.5 Å². The van der Waals surface area contributed by atoms with Crippen molar-refractivity contribution >= 4 is 5.91 Å². The summed E-state index contributed by atoms with van der Waals surface area (Å²) in [5.41, 5.74) is 1.50. The Labute approximate surface area is 187 Å². The van der Waals surface area contributed by atoms with Gasteiger partial charge in [-0.1, -0.05) is 73.8 Å². The average molecular weight is 425 g/mol. The van der Waals surface area contributed by atoms with E-state index in [0.717, 1.165) is 63.1 Å². The van der Waals surface area contributed by atoms with Gasteiger partial charge in [-0.3, -0.25) is 4.79 Å². The van der Waals surface area contributed by atoms with Crippen LogP contribution in [-0.2, 0) is 10.2 Å². The minimum Gasteiger partial charge on any atom is -1.00 e. The second-order valence-corrected chi connectivity index (χ2v) is 7.87. The van der Waals surface area contributed by atoms with Gasteiger partial charge in [0.1, 0.15) is 5.41 Å². The Morgan fingerprint density at radius 3 is 1.80 bits per heavy atom. The minimum absolute atomic E-state index is 0. The van der Waals surface area contributed by atoms with Crippen LogP contribution < -0.4 is 17.3 Å². The van der Waals surface area contributed by atoms with Crippen LogP contribution >= 0.6 is 0 Å². The highest BCUT2D eigenvalue weighted by atomic mass is 35.5. The van der Waals surface area contributed by atoms with Crippen LogP contribution in [0.5, 0.6) is 0 Å². The molecule has 0 atom stereocenters. The number of halogens is 1. The summed E-state index contributed by atoms with van der Waals surface area (Å²) in [4.78, 5) is 17.5. The lowest BCUT2D eigenvalue weighted by Crippen LogP contribution is -3.11. The molecular formula is C26H33ClN2O. The van der Waals surface area contributed by atoms with E-state index in [1.807, 2.05) is 48.6 Å². The van der Waals surface area contributed by atoms with Gasteiger partial charge in [-0.25, -0.2) is 0 Å². The Balaban J connectivity index is 0.00000320. The Bertz CT molecular complexity index is 751. The third-order valence-corrected chi connectivity index (χ3v) is 6.01. The number of carbonyl (C=O) groups is 1. The molecule has 1 saturated heterocycles. The fourth-order valence-corrected chi connectivity index (χ4v) is 4.50. The van der Waals surface area contributed by atoms with Gasteiger partial charge in [-0.15, -0.1) is 0 Å². The second-order valence-electron chi connectivity index (χ2n) is 7.87. The molecule has 2 aromatic carbocycles. The molecule has 160 valence electrons. The van der Waals surface area contributed by atoms with Crippen LogP contribution in [0.1, 0.15) is 30.4 Å². The quantitative estimate of drug-likeness (QED) is 0.543.